The lowest BCUT2D eigenvalue weighted by Crippen LogP contribution is -2.59. The van der Waals surface area contributed by atoms with Gasteiger partial charge in [-0.3, -0.25) is 4.79 Å². The van der Waals surface area contributed by atoms with E-state index in [-0.39, 0.29) is 30.4 Å². The average molecular weight is 402 g/mol. The van der Waals surface area contributed by atoms with E-state index >= 15 is 0 Å². The Morgan fingerprint density at radius 3 is 2.41 bits per heavy atom. The van der Waals surface area contributed by atoms with Crippen molar-refractivity contribution in [2.75, 3.05) is 13.7 Å². The highest BCUT2D eigenvalue weighted by atomic mass is 16.5. The second-order valence-corrected chi connectivity index (χ2v) is 8.22. The fourth-order valence-corrected chi connectivity index (χ4v) is 4.35. The van der Waals surface area contributed by atoms with Crippen LogP contribution in [0.15, 0.2) is 36.1 Å². The molecule has 1 unspecified atom stereocenters. The molecule has 2 aliphatic rings. The minimum atomic E-state index is -0.998. The number of amides is 1. The summed E-state index contributed by atoms with van der Waals surface area (Å²) in [5, 5.41) is 0. The second kappa shape index (κ2) is 8.89. The van der Waals surface area contributed by atoms with Crippen LogP contribution in [0.4, 0.5) is 0 Å². The highest BCUT2D eigenvalue weighted by Crippen LogP contribution is 2.40. The van der Waals surface area contributed by atoms with Crippen LogP contribution < -0.4 is 9.47 Å². The number of carbonyl (C=O) groups excluding carboxylic acids is 2. The van der Waals surface area contributed by atoms with Gasteiger partial charge < -0.3 is 19.1 Å². The van der Waals surface area contributed by atoms with Crippen molar-refractivity contribution in [1.82, 2.24) is 4.90 Å². The minimum Gasteiger partial charge on any atom is -0.487 e. The van der Waals surface area contributed by atoms with Crippen molar-refractivity contribution in [3.05, 3.63) is 36.1 Å². The van der Waals surface area contributed by atoms with Crippen LogP contribution in [0.1, 0.15) is 52.9 Å². The van der Waals surface area contributed by atoms with E-state index in [0.717, 1.165) is 25.7 Å². The number of ether oxygens (including phenoxy) is 3. The van der Waals surface area contributed by atoms with Crippen molar-refractivity contribution in [2.24, 2.45) is 5.92 Å². The highest BCUT2D eigenvalue weighted by molar-refractivity contribution is 5.96. The predicted molar refractivity (Wildman–Crippen MR) is 110 cm³/mol. The Balaban J connectivity index is 1.81. The van der Waals surface area contributed by atoms with E-state index in [1.54, 1.807) is 4.90 Å². The summed E-state index contributed by atoms with van der Waals surface area (Å²) in [4.78, 5) is 27.3. The largest absolute Gasteiger partial charge is 0.487 e. The molecule has 1 amide bonds. The molecule has 1 saturated carbocycles. The number of rotatable bonds is 7. The summed E-state index contributed by atoms with van der Waals surface area (Å²) in [5.41, 5.74) is -0.998. The molecule has 6 heteroatoms. The van der Waals surface area contributed by atoms with Crippen molar-refractivity contribution >= 4 is 11.9 Å². The Bertz CT molecular complexity index is 781. The molecule has 1 atom stereocenters. The van der Waals surface area contributed by atoms with E-state index in [0.29, 0.717) is 17.3 Å². The average Bonchev–Trinajstić information content (AvgIpc) is 3.09. The van der Waals surface area contributed by atoms with Gasteiger partial charge in [0.1, 0.15) is 11.3 Å². The second-order valence-electron chi connectivity index (χ2n) is 8.22. The summed E-state index contributed by atoms with van der Waals surface area (Å²) >= 11 is 0. The normalized spacial score (nSPS) is 19.7. The molecule has 1 aliphatic carbocycles. The molecule has 1 heterocycles. The quantitative estimate of drug-likeness (QED) is 0.644. The van der Waals surface area contributed by atoms with E-state index in [9.17, 15) is 9.59 Å². The lowest BCUT2D eigenvalue weighted by atomic mass is 9.74. The molecule has 0 spiro atoms. The van der Waals surface area contributed by atoms with Gasteiger partial charge in [-0.15, -0.1) is 0 Å². The summed E-state index contributed by atoms with van der Waals surface area (Å²) in [7, 11) is 1.38. The summed E-state index contributed by atoms with van der Waals surface area (Å²) in [6.07, 6.45) is 6.60. The smallest absolute Gasteiger partial charge is 0.331 e. The van der Waals surface area contributed by atoms with Gasteiger partial charge in [-0.25, -0.2) is 4.79 Å². The molecule has 29 heavy (non-hydrogen) atoms. The van der Waals surface area contributed by atoms with E-state index in [2.05, 4.69) is 0 Å². The molecule has 1 fully saturated rings. The maximum Gasteiger partial charge on any atom is 0.331 e. The zero-order valence-electron chi connectivity index (χ0n) is 17.8. The van der Waals surface area contributed by atoms with Gasteiger partial charge in [0.15, 0.2) is 11.5 Å². The van der Waals surface area contributed by atoms with E-state index < -0.39 is 5.54 Å². The van der Waals surface area contributed by atoms with Crippen LogP contribution in [-0.4, -0.2) is 42.1 Å². The van der Waals surface area contributed by atoms with Gasteiger partial charge in [0.05, 0.1) is 19.8 Å². The van der Waals surface area contributed by atoms with Gasteiger partial charge in [0.25, 0.3) is 5.91 Å². The van der Waals surface area contributed by atoms with Crippen LogP contribution in [0.2, 0.25) is 0 Å². The Morgan fingerprint density at radius 2 is 1.79 bits per heavy atom. The molecule has 6 nitrogen and oxygen atoms in total. The number of para-hydroxylation sites is 2. The van der Waals surface area contributed by atoms with Gasteiger partial charge in [0.2, 0.25) is 0 Å². The van der Waals surface area contributed by atoms with Crippen molar-refractivity contribution in [3.63, 3.8) is 0 Å². The van der Waals surface area contributed by atoms with Gasteiger partial charge in [-0.1, -0.05) is 31.4 Å². The third-order valence-electron chi connectivity index (χ3n) is 5.88. The zero-order chi connectivity index (χ0) is 21.0. The van der Waals surface area contributed by atoms with Crippen molar-refractivity contribution in [1.29, 1.82) is 0 Å². The van der Waals surface area contributed by atoms with Crippen molar-refractivity contribution in [3.8, 4) is 11.5 Å². The highest BCUT2D eigenvalue weighted by Gasteiger charge is 2.51. The SMILES string of the molecule is COC(=O)C(C)(C1CCCCC1)N1CC(Oc2ccccc2OC(C)C)=CC1=O. The van der Waals surface area contributed by atoms with E-state index in [4.69, 9.17) is 14.2 Å². The number of carbonyl (C=O) groups is 2. The maximum atomic E-state index is 12.9. The number of esters is 1. The third-order valence-corrected chi connectivity index (χ3v) is 5.88. The van der Waals surface area contributed by atoms with Crippen LogP contribution in [0.25, 0.3) is 0 Å². The summed E-state index contributed by atoms with van der Waals surface area (Å²) in [6, 6.07) is 7.39. The fourth-order valence-electron chi connectivity index (χ4n) is 4.35. The van der Waals surface area contributed by atoms with Crippen molar-refractivity contribution < 1.29 is 23.8 Å². The molecule has 0 saturated heterocycles. The van der Waals surface area contributed by atoms with Crippen LogP contribution >= 0.6 is 0 Å². The Morgan fingerprint density at radius 1 is 1.14 bits per heavy atom. The van der Waals surface area contributed by atoms with Gasteiger partial charge >= 0.3 is 5.97 Å². The zero-order valence-corrected chi connectivity index (χ0v) is 17.8. The first-order valence-corrected chi connectivity index (χ1v) is 10.4. The summed E-state index contributed by atoms with van der Waals surface area (Å²) in [6.45, 7) is 5.96. The lowest BCUT2D eigenvalue weighted by molar-refractivity contribution is -0.163. The molecule has 1 aromatic rings. The van der Waals surface area contributed by atoms with E-state index in [1.807, 2.05) is 45.0 Å². The molecule has 0 bridgehead atoms. The molecule has 0 aromatic heterocycles. The summed E-state index contributed by atoms with van der Waals surface area (Å²) < 4.78 is 17.0. The molecule has 3 rings (SSSR count). The van der Waals surface area contributed by atoms with Crippen molar-refractivity contribution in [2.45, 2.75) is 64.5 Å². The topological polar surface area (TPSA) is 65.1 Å². The Labute approximate surface area is 172 Å². The molecule has 0 radical (unpaired) electrons. The van der Waals surface area contributed by atoms with Crippen LogP contribution in [-0.2, 0) is 14.3 Å². The maximum absolute atomic E-state index is 12.9. The van der Waals surface area contributed by atoms with Crippen LogP contribution in [0.3, 0.4) is 0 Å². The standard InChI is InChI=1S/C23H31NO5/c1-16(2)28-19-12-8-9-13-20(19)29-18-14-21(25)24(15-18)23(3,22(26)27-4)17-10-6-5-7-11-17/h8-9,12-14,16-17H,5-7,10-11,15H2,1-4H3. The summed E-state index contributed by atoms with van der Waals surface area (Å²) in [5.74, 6) is 1.17. The predicted octanol–water partition coefficient (Wildman–Crippen LogP) is 4.09. The molecule has 158 valence electrons. The number of nitrogens with zero attached hydrogens (tertiary/aromatic N) is 1. The molecule has 0 N–H and O–H groups in total. The third kappa shape index (κ3) is 4.41. The first-order chi connectivity index (χ1) is 13.9. The lowest BCUT2D eigenvalue weighted by Gasteiger charge is -2.43. The van der Waals surface area contributed by atoms with Gasteiger partial charge in [0, 0.05) is 6.08 Å². The van der Waals surface area contributed by atoms with Gasteiger partial charge in [-0.2, -0.15) is 0 Å². The number of hydrogen-bond acceptors (Lipinski definition) is 5. The molecule has 1 aliphatic heterocycles. The number of hydrogen-bond donors (Lipinski definition) is 0. The van der Waals surface area contributed by atoms with Gasteiger partial charge in [-0.05, 0) is 51.7 Å². The number of benzene rings is 1. The first-order valence-electron chi connectivity index (χ1n) is 10.4. The molecular weight excluding hydrogens is 370 g/mol. The number of methoxy groups -OCH3 is 1. The monoisotopic (exact) mass is 401 g/mol. The minimum absolute atomic E-state index is 0.00403. The molecular formula is C23H31NO5. The van der Waals surface area contributed by atoms with Crippen LogP contribution in [0.5, 0.6) is 11.5 Å². The van der Waals surface area contributed by atoms with E-state index in [1.165, 1.54) is 19.6 Å². The first kappa shape index (κ1) is 21.2. The Kier molecular flexibility index (Phi) is 6.50. The molecule has 1 aromatic carbocycles. The van der Waals surface area contributed by atoms with Crippen LogP contribution in [0, 0.1) is 5.92 Å². The fraction of sp³-hybridized carbons (Fsp3) is 0.565. The Hall–Kier alpha value is -2.50.